The van der Waals surface area contributed by atoms with Gasteiger partial charge in [0.05, 0.1) is 38.7 Å². The molecule has 8 rings (SSSR count). The fourth-order valence-electron chi connectivity index (χ4n) is 3.55. The van der Waals surface area contributed by atoms with Gasteiger partial charge in [-0.2, -0.15) is 11.8 Å². The summed E-state index contributed by atoms with van der Waals surface area (Å²) in [7, 11) is 0. The Morgan fingerprint density at radius 3 is 1.76 bits per heavy atom. The van der Waals surface area contributed by atoms with Gasteiger partial charge in [-0.1, -0.05) is 31.2 Å². The van der Waals surface area contributed by atoms with Crippen LogP contribution in [0.25, 0.3) is 0 Å². The molecule has 2 aromatic rings. The number of isothiocyanates is 1. The number of nitrogens with one attached hydrogen (secondary N) is 3. The maximum atomic E-state index is 4.23. The van der Waals surface area contributed by atoms with Crippen LogP contribution in [0.3, 0.4) is 0 Å². The third-order valence-electron chi connectivity index (χ3n) is 6.20. The minimum Gasteiger partial charge on any atom is -0.315 e. The van der Waals surface area contributed by atoms with Gasteiger partial charge in [-0.3, -0.25) is 15.0 Å². The molecule has 6 aliphatic heterocycles. The quantitative estimate of drug-likeness (QED) is 0.151. The minimum atomic E-state index is 0.361. The number of aromatic nitrogens is 2. The van der Waals surface area contributed by atoms with Gasteiger partial charge in [-0.15, -0.1) is 88.1 Å². The van der Waals surface area contributed by atoms with Crippen LogP contribution in [0.5, 0.6) is 0 Å². The maximum absolute atomic E-state index is 4.23. The van der Waals surface area contributed by atoms with Crippen LogP contribution in [-0.4, -0.2) is 139 Å². The van der Waals surface area contributed by atoms with Crippen LogP contribution < -0.4 is 16.0 Å². The van der Waals surface area contributed by atoms with E-state index in [-0.39, 0.29) is 0 Å². The van der Waals surface area contributed by atoms with E-state index in [2.05, 4.69) is 127 Å². The fraction of sp³-hybridized carbons (Fsp3) is 0.692. The van der Waals surface area contributed by atoms with Crippen molar-refractivity contribution in [2.45, 2.75) is 71.9 Å². The Balaban J connectivity index is 0. The number of hydrogen-bond acceptors (Lipinski definition) is 19. The van der Waals surface area contributed by atoms with E-state index < -0.39 is 0 Å². The fourth-order valence-corrected chi connectivity index (χ4v) is 10.2. The zero-order chi connectivity index (χ0) is 44.2. The van der Waals surface area contributed by atoms with Gasteiger partial charge < -0.3 is 16.0 Å². The number of halogens is 1. The third kappa shape index (κ3) is 49.5. The highest BCUT2D eigenvalue weighted by atomic mass is 79.9. The molecule has 0 saturated carbocycles. The number of thiocarbonyl (C=S) groups is 1. The van der Waals surface area contributed by atoms with Crippen molar-refractivity contribution in [1.82, 2.24) is 25.9 Å². The Morgan fingerprint density at radius 1 is 0.949 bits per heavy atom. The van der Waals surface area contributed by atoms with E-state index >= 15 is 0 Å². The number of aliphatic imine (C=N–C) groups is 4. The zero-order valence-corrected chi connectivity index (χ0v) is 46.4. The molecule has 9 nitrogen and oxygen atoms in total. The highest BCUT2D eigenvalue weighted by Crippen LogP contribution is 2.24. The Bertz CT molecular complexity index is 1310. The SMILES string of the molecule is Brc1nccs1.C1CSCCN1.C1CSCN1.C=C(C)C.CC1(C)NCCS1.CC1=NCCS1.CC1CN=CS1.CCN=C=S.CCc1nccs1.CSC1=NCCS1. The van der Waals surface area contributed by atoms with Crippen LogP contribution in [0.4, 0.5) is 0 Å². The van der Waals surface area contributed by atoms with Gasteiger partial charge in [0.15, 0.2) is 3.92 Å². The molecule has 0 radical (unpaired) electrons. The van der Waals surface area contributed by atoms with Gasteiger partial charge in [0, 0.05) is 108 Å². The Morgan fingerprint density at radius 2 is 1.59 bits per heavy atom. The number of nitrogens with zero attached hydrogens (tertiary/aromatic N) is 6. The first kappa shape index (κ1) is 61.7. The second kappa shape index (κ2) is 46.6. The lowest BCUT2D eigenvalue weighted by molar-refractivity contribution is 0.594. The van der Waals surface area contributed by atoms with Gasteiger partial charge in [0.2, 0.25) is 0 Å². The standard InChI is InChI=1S/C5H11NS.C5H7NS.C4H7NS2.2C4H7NS.C4H9NS.C4H8.C3H2BrNS.C3H7NS.C3H5NS/c1-5(2)6-3-4-7-5;1-2-5-6-3-4-7-5;1-6-4-5-2-3-7-4;1-4-2-5-3-6-4;1-4-5-2-3-6-4;1-3-6-4-2-5-1;1-4(2)3;4-3-5-1-2-6-3;1-2-5-3-4-1;1-2-4-3-5/h6H,3-4H2,1-2H3;3-4H,2H2,1H3;2-3H2,1H3;3-4H,2H2,1H3;2-3H2,1H3;5H,1-4H2;1H2,2-3H3;1-2H;4H,1-3H2;2H2,1H3. The van der Waals surface area contributed by atoms with Crippen molar-refractivity contribution in [3.8, 4) is 0 Å². The molecule has 1 unspecified atom stereocenters. The summed E-state index contributed by atoms with van der Waals surface area (Å²) in [5, 5.41) is 19.2. The molecule has 3 fully saturated rings. The first-order chi connectivity index (χ1) is 28.4. The molecule has 0 bridgehead atoms. The lowest BCUT2D eigenvalue weighted by Gasteiger charge is -2.14. The normalized spacial score (nSPS) is 18.5. The molecule has 20 heteroatoms. The van der Waals surface area contributed by atoms with Gasteiger partial charge in [0.25, 0.3) is 0 Å². The van der Waals surface area contributed by atoms with Crippen LogP contribution in [0.1, 0.15) is 60.4 Å². The largest absolute Gasteiger partial charge is 0.315 e. The second-order valence-corrected chi connectivity index (χ2v) is 24.5. The highest BCUT2D eigenvalue weighted by molar-refractivity contribution is 9.11. The molecule has 0 spiro atoms. The first-order valence-corrected chi connectivity index (χ1v) is 29.8. The summed E-state index contributed by atoms with van der Waals surface area (Å²) in [4.78, 5) is 24.1. The third-order valence-corrected chi connectivity index (χ3v) is 15.6. The molecule has 2 aromatic heterocycles. The molecule has 0 amide bonds. The van der Waals surface area contributed by atoms with Crippen LogP contribution in [-0.2, 0) is 6.42 Å². The zero-order valence-electron chi connectivity index (χ0n) is 36.6. The van der Waals surface area contributed by atoms with Crippen LogP contribution in [0.15, 0.2) is 59.2 Å². The molecule has 3 N–H and O–H groups in total. The van der Waals surface area contributed by atoms with Gasteiger partial charge in [-0.25, -0.2) is 15.0 Å². The molecule has 59 heavy (non-hydrogen) atoms. The predicted molar refractivity (Wildman–Crippen MR) is 297 cm³/mol. The van der Waals surface area contributed by atoms with E-state index in [1.807, 2.05) is 102 Å². The average molecular weight is 1070 g/mol. The predicted octanol–water partition coefficient (Wildman–Crippen LogP) is 11.7. The monoisotopic (exact) mass is 1060 g/mol. The van der Waals surface area contributed by atoms with E-state index in [0.29, 0.717) is 4.87 Å². The van der Waals surface area contributed by atoms with E-state index in [0.717, 1.165) is 41.8 Å². The topological polar surface area (TPSA) is 111 Å². The Labute approximate surface area is 410 Å². The van der Waals surface area contributed by atoms with Crippen molar-refractivity contribution < 1.29 is 0 Å². The van der Waals surface area contributed by atoms with Crippen LogP contribution in [0.2, 0.25) is 0 Å². The summed E-state index contributed by atoms with van der Waals surface area (Å²) in [5.74, 6) is 8.75. The van der Waals surface area contributed by atoms with Crippen molar-refractivity contribution >= 4 is 153 Å². The molecular formula is C39H70BrN9S10. The van der Waals surface area contributed by atoms with E-state index in [9.17, 15) is 0 Å². The van der Waals surface area contributed by atoms with Crippen molar-refractivity contribution in [1.29, 1.82) is 0 Å². The van der Waals surface area contributed by atoms with Gasteiger partial charge in [-0.05, 0) is 82.4 Å². The average Bonchev–Trinajstić information content (AvgIpc) is 4.09. The molecular weight excluding hydrogens is 995 g/mol. The number of thioether (sulfide) groups is 7. The van der Waals surface area contributed by atoms with E-state index in [4.69, 9.17) is 0 Å². The van der Waals surface area contributed by atoms with Crippen LogP contribution in [0, 0.1) is 0 Å². The molecule has 0 aromatic carbocycles. The highest BCUT2D eigenvalue weighted by Gasteiger charge is 2.21. The van der Waals surface area contributed by atoms with Gasteiger partial charge in [0.1, 0.15) is 4.38 Å². The number of aryl methyl sites for hydroxylation is 1. The van der Waals surface area contributed by atoms with Gasteiger partial charge >= 0.3 is 0 Å². The van der Waals surface area contributed by atoms with Crippen molar-refractivity contribution in [3.63, 3.8) is 0 Å². The summed E-state index contributed by atoms with van der Waals surface area (Å²) in [6, 6.07) is 0. The number of hydrogen-bond donors (Lipinski definition) is 3. The number of thiazole rings is 2. The molecule has 338 valence electrons. The maximum Gasteiger partial charge on any atom is 0.159 e. The minimum absolute atomic E-state index is 0.361. The summed E-state index contributed by atoms with van der Waals surface area (Å²) >= 11 is 24.0. The van der Waals surface area contributed by atoms with Crippen molar-refractivity contribution in [3.05, 3.63) is 44.2 Å². The first-order valence-electron chi connectivity index (χ1n) is 19.4. The summed E-state index contributed by atoms with van der Waals surface area (Å²) in [6.07, 6.45) is 6.73. The molecule has 6 aliphatic rings. The lowest BCUT2D eigenvalue weighted by Crippen LogP contribution is -2.29. The number of allylic oxidation sites excluding steroid dienone is 1. The molecule has 1 atom stereocenters. The van der Waals surface area contributed by atoms with E-state index in [1.165, 1.54) is 86.6 Å². The van der Waals surface area contributed by atoms with Crippen LogP contribution >= 0.6 is 133 Å². The summed E-state index contributed by atoms with van der Waals surface area (Å²) in [6.45, 7) is 28.8. The molecule has 8 heterocycles. The Hall–Kier alpha value is 0.620. The summed E-state index contributed by atoms with van der Waals surface area (Å²) < 4.78 is 2.20. The van der Waals surface area contributed by atoms with Crippen molar-refractivity contribution in [2.75, 3.05) is 99.0 Å². The smallest absolute Gasteiger partial charge is 0.159 e. The molecule has 0 aliphatic carbocycles. The lowest BCUT2D eigenvalue weighted by atomic mass is 10.4. The van der Waals surface area contributed by atoms with E-state index in [1.54, 1.807) is 52.4 Å². The number of rotatable bonds is 2. The Kier molecular flexibility index (Phi) is 48.7. The molecule has 3 saturated heterocycles. The summed E-state index contributed by atoms with van der Waals surface area (Å²) in [5.41, 5.74) is 3.09. The van der Waals surface area contributed by atoms with Crippen molar-refractivity contribution in [2.24, 2.45) is 20.0 Å². The second-order valence-electron chi connectivity index (χ2n) is 12.4.